The summed E-state index contributed by atoms with van der Waals surface area (Å²) in [4.78, 5) is 0. The first kappa shape index (κ1) is 12.5. The van der Waals surface area contributed by atoms with Crippen LogP contribution in [0.5, 0.6) is 0 Å². The molecule has 0 aliphatic heterocycles. The molecule has 0 fully saturated rings. The largest absolute Gasteiger partial charge is 0.380 e. The predicted octanol–water partition coefficient (Wildman–Crippen LogP) is 4.58. The van der Waals surface area contributed by atoms with Crippen LogP contribution in [-0.2, 0) is 0 Å². The van der Waals surface area contributed by atoms with Crippen LogP contribution in [0.1, 0.15) is 33.1 Å². The van der Waals surface area contributed by atoms with E-state index in [2.05, 4.69) is 35.1 Å². The minimum atomic E-state index is -0.195. The lowest BCUT2D eigenvalue weighted by Crippen LogP contribution is -2.18. The van der Waals surface area contributed by atoms with E-state index in [1.807, 2.05) is 6.07 Å². The highest BCUT2D eigenvalue weighted by Gasteiger charge is 2.08. The Morgan fingerprint density at radius 2 is 2.13 bits per heavy atom. The predicted molar refractivity (Wildman–Crippen MR) is 66.7 cm³/mol. The Hall–Kier alpha value is -0.570. The maximum absolute atomic E-state index is 13.5. The van der Waals surface area contributed by atoms with E-state index in [-0.39, 0.29) is 5.82 Å². The average Bonchev–Trinajstić information content (AvgIpc) is 2.21. The SMILES string of the molecule is CCCC(CC)Nc1ccc(Br)cc1F. The van der Waals surface area contributed by atoms with Crippen molar-refractivity contribution >= 4 is 21.6 Å². The van der Waals surface area contributed by atoms with E-state index < -0.39 is 0 Å². The van der Waals surface area contributed by atoms with E-state index in [0.29, 0.717) is 11.7 Å². The van der Waals surface area contributed by atoms with Gasteiger partial charge >= 0.3 is 0 Å². The van der Waals surface area contributed by atoms with Gasteiger partial charge in [0.1, 0.15) is 5.82 Å². The lowest BCUT2D eigenvalue weighted by Gasteiger charge is -2.17. The summed E-state index contributed by atoms with van der Waals surface area (Å²) in [5, 5.41) is 3.23. The third-order valence-corrected chi connectivity index (χ3v) is 2.91. The minimum Gasteiger partial charge on any atom is -0.380 e. The van der Waals surface area contributed by atoms with Crippen molar-refractivity contribution in [2.45, 2.75) is 39.2 Å². The smallest absolute Gasteiger partial charge is 0.147 e. The number of anilines is 1. The van der Waals surface area contributed by atoms with Gasteiger partial charge in [-0.2, -0.15) is 0 Å². The molecule has 15 heavy (non-hydrogen) atoms. The van der Waals surface area contributed by atoms with Gasteiger partial charge in [-0.3, -0.25) is 0 Å². The molecule has 3 heteroatoms. The second kappa shape index (κ2) is 6.11. The van der Waals surface area contributed by atoms with Gasteiger partial charge in [0.25, 0.3) is 0 Å². The molecule has 1 aromatic rings. The summed E-state index contributed by atoms with van der Waals surface area (Å²) < 4.78 is 14.3. The highest BCUT2D eigenvalue weighted by atomic mass is 79.9. The molecule has 0 amide bonds. The van der Waals surface area contributed by atoms with Gasteiger partial charge in [0.15, 0.2) is 0 Å². The van der Waals surface area contributed by atoms with Gasteiger partial charge in [0.2, 0.25) is 0 Å². The molecule has 0 radical (unpaired) electrons. The van der Waals surface area contributed by atoms with Crippen LogP contribution in [0.15, 0.2) is 22.7 Å². The first-order valence-electron chi connectivity index (χ1n) is 5.39. The Morgan fingerprint density at radius 1 is 1.40 bits per heavy atom. The molecule has 0 aliphatic rings. The van der Waals surface area contributed by atoms with Crippen LogP contribution in [0.3, 0.4) is 0 Å². The fraction of sp³-hybridized carbons (Fsp3) is 0.500. The standard InChI is InChI=1S/C12H17BrFN/c1-3-5-10(4-2)15-12-7-6-9(13)8-11(12)14/h6-8,10,15H,3-5H2,1-2H3. The van der Waals surface area contributed by atoms with Crippen molar-refractivity contribution in [2.24, 2.45) is 0 Å². The normalized spacial score (nSPS) is 12.5. The van der Waals surface area contributed by atoms with Crippen LogP contribution in [0.4, 0.5) is 10.1 Å². The van der Waals surface area contributed by atoms with Crippen molar-refractivity contribution in [1.29, 1.82) is 0 Å². The first-order valence-corrected chi connectivity index (χ1v) is 6.18. The molecular weight excluding hydrogens is 257 g/mol. The third-order valence-electron chi connectivity index (χ3n) is 2.42. The van der Waals surface area contributed by atoms with Crippen LogP contribution < -0.4 is 5.32 Å². The van der Waals surface area contributed by atoms with E-state index >= 15 is 0 Å². The molecule has 0 saturated carbocycles. The van der Waals surface area contributed by atoms with Gasteiger partial charge in [-0.05, 0) is 31.0 Å². The molecule has 84 valence electrons. The summed E-state index contributed by atoms with van der Waals surface area (Å²) >= 11 is 3.24. The van der Waals surface area contributed by atoms with Gasteiger partial charge in [0, 0.05) is 10.5 Å². The van der Waals surface area contributed by atoms with Gasteiger partial charge in [-0.1, -0.05) is 36.2 Å². The molecule has 0 bridgehead atoms. The summed E-state index contributed by atoms with van der Waals surface area (Å²) in [6.45, 7) is 4.26. The highest BCUT2D eigenvalue weighted by Crippen LogP contribution is 2.21. The van der Waals surface area contributed by atoms with E-state index in [1.165, 1.54) is 6.07 Å². The van der Waals surface area contributed by atoms with Crippen molar-refractivity contribution in [3.05, 3.63) is 28.5 Å². The minimum absolute atomic E-state index is 0.195. The monoisotopic (exact) mass is 273 g/mol. The Morgan fingerprint density at radius 3 is 2.67 bits per heavy atom. The van der Waals surface area contributed by atoms with E-state index in [9.17, 15) is 4.39 Å². The lowest BCUT2D eigenvalue weighted by atomic mass is 10.1. The fourth-order valence-corrected chi connectivity index (χ4v) is 1.89. The van der Waals surface area contributed by atoms with Crippen LogP contribution in [0, 0.1) is 5.82 Å². The second-order valence-corrected chi connectivity index (χ2v) is 4.58. The number of nitrogens with one attached hydrogen (secondary N) is 1. The Kier molecular flexibility index (Phi) is 5.09. The zero-order valence-electron chi connectivity index (χ0n) is 9.19. The fourth-order valence-electron chi connectivity index (χ4n) is 1.55. The zero-order chi connectivity index (χ0) is 11.3. The molecule has 1 N–H and O–H groups in total. The van der Waals surface area contributed by atoms with Crippen LogP contribution >= 0.6 is 15.9 Å². The van der Waals surface area contributed by atoms with Gasteiger partial charge in [0.05, 0.1) is 5.69 Å². The molecule has 1 nitrogen and oxygen atoms in total. The van der Waals surface area contributed by atoms with Crippen molar-refractivity contribution in [3.63, 3.8) is 0 Å². The van der Waals surface area contributed by atoms with Crippen molar-refractivity contribution in [1.82, 2.24) is 0 Å². The molecular formula is C12H17BrFN. The molecule has 0 saturated heterocycles. The molecule has 0 spiro atoms. The number of hydrogen-bond acceptors (Lipinski definition) is 1. The van der Waals surface area contributed by atoms with E-state index in [1.54, 1.807) is 6.07 Å². The topological polar surface area (TPSA) is 12.0 Å². The molecule has 0 aliphatic carbocycles. The summed E-state index contributed by atoms with van der Waals surface area (Å²) in [6, 6.07) is 5.48. The lowest BCUT2D eigenvalue weighted by molar-refractivity contribution is 0.598. The summed E-state index contributed by atoms with van der Waals surface area (Å²) in [7, 11) is 0. The van der Waals surface area contributed by atoms with Gasteiger partial charge < -0.3 is 5.32 Å². The molecule has 0 aromatic heterocycles. The molecule has 1 atom stereocenters. The first-order chi connectivity index (χ1) is 7.17. The summed E-state index contributed by atoms with van der Waals surface area (Å²) in [5.41, 5.74) is 0.596. The van der Waals surface area contributed by atoms with Crippen molar-refractivity contribution in [2.75, 3.05) is 5.32 Å². The molecule has 1 aromatic carbocycles. The van der Waals surface area contributed by atoms with Crippen molar-refractivity contribution in [3.8, 4) is 0 Å². The van der Waals surface area contributed by atoms with Crippen LogP contribution in [0.25, 0.3) is 0 Å². The number of halogens is 2. The number of hydrogen-bond donors (Lipinski definition) is 1. The van der Waals surface area contributed by atoms with Crippen molar-refractivity contribution < 1.29 is 4.39 Å². The Bertz CT molecular complexity index is 314. The van der Waals surface area contributed by atoms with Gasteiger partial charge in [-0.15, -0.1) is 0 Å². The average molecular weight is 274 g/mol. The zero-order valence-corrected chi connectivity index (χ0v) is 10.8. The van der Waals surface area contributed by atoms with Crippen LogP contribution in [-0.4, -0.2) is 6.04 Å². The summed E-state index contributed by atoms with van der Waals surface area (Å²) in [5.74, 6) is -0.195. The number of benzene rings is 1. The Labute approximate surface area is 99.2 Å². The quantitative estimate of drug-likeness (QED) is 0.828. The second-order valence-electron chi connectivity index (χ2n) is 3.66. The third kappa shape index (κ3) is 3.82. The maximum atomic E-state index is 13.5. The summed E-state index contributed by atoms with van der Waals surface area (Å²) in [6.07, 6.45) is 3.21. The Balaban J connectivity index is 2.70. The number of rotatable bonds is 5. The van der Waals surface area contributed by atoms with E-state index in [0.717, 1.165) is 23.7 Å². The van der Waals surface area contributed by atoms with Gasteiger partial charge in [-0.25, -0.2) is 4.39 Å². The molecule has 0 heterocycles. The maximum Gasteiger partial charge on any atom is 0.147 e. The highest BCUT2D eigenvalue weighted by molar-refractivity contribution is 9.10. The van der Waals surface area contributed by atoms with Crippen LogP contribution in [0.2, 0.25) is 0 Å². The molecule has 1 rings (SSSR count). The molecule has 1 unspecified atom stereocenters. The van der Waals surface area contributed by atoms with E-state index in [4.69, 9.17) is 0 Å².